The van der Waals surface area contributed by atoms with Crippen LogP contribution in [0.1, 0.15) is 19.9 Å². The Bertz CT molecular complexity index is 447. The molecule has 86 valence electrons. The lowest BCUT2D eigenvalue weighted by molar-refractivity contribution is 0.292. The fourth-order valence-electron chi connectivity index (χ4n) is 1.05. The highest BCUT2D eigenvalue weighted by Crippen LogP contribution is 2.05. The third-order valence-corrected chi connectivity index (χ3v) is 1.87. The fourth-order valence-corrected chi connectivity index (χ4v) is 1.05. The third kappa shape index (κ3) is 3.07. The number of ether oxygens (including phenoxy) is 1. The standard InChI is InChI=1S/C10H14N4O2/c1-7(12)6-16-9-3-10(15)14(13-5-9)8(2)4-11/h3,5,7-8H,6,12H2,1-2H3. The van der Waals surface area contributed by atoms with Crippen molar-refractivity contribution >= 4 is 0 Å². The van der Waals surface area contributed by atoms with Crippen LogP contribution in [0.2, 0.25) is 0 Å². The molecule has 0 aromatic carbocycles. The van der Waals surface area contributed by atoms with E-state index in [2.05, 4.69) is 5.10 Å². The Morgan fingerprint density at radius 2 is 2.38 bits per heavy atom. The molecule has 2 atom stereocenters. The molecule has 1 aromatic heterocycles. The molecule has 0 saturated heterocycles. The maximum atomic E-state index is 11.5. The first-order chi connectivity index (χ1) is 7.54. The Labute approximate surface area is 93.2 Å². The summed E-state index contributed by atoms with van der Waals surface area (Å²) in [5.41, 5.74) is 5.14. The minimum Gasteiger partial charge on any atom is -0.490 e. The van der Waals surface area contributed by atoms with E-state index < -0.39 is 6.04 Å². The lowest BCUT2D eigenvalue weighted by Gasteiger charge is -2.09. The van der Waals surface area contributed by atoms with Gasteiger partial charge in [0.25, 0.3) is 5.56 Å². The molecule has 0 aliphatic heterocycles. The summed E-state index contributed by atoms with van der Waals surface area (Å²) in [5.74, 6) is 0.365. The number of hydrogen-bond acceptors (Lipinski definition) is 5. The monoisotopic (exact) mass is 222 g/mol. The van der Waals surface area contributed by atoms with Gasteiger partial charge in [0.1, 0.15) is 18.4 Å². The summed E-state index contributed by atoms with van der Waals surface area (Å²) in [4.78, 5) is 11.5. The predicted molar refractivity (Wildman–Crippen MR) is 58.0 cm³/mol. The predicted octanol–water partition coefficient (Wildman–Crippen LogP) is 0.0539. The van der Waals surface area contributed by atoms with Crippen molar-refractivity contribution in [3.8, 4) is 11.8 Å². The lowest BCUT2D eigenvalue weighted by Crippen LogP contribution is -2.26. The van der Waals surface area contributed by atoms with Gasteiger partial charge in [-0.2, -0.15) is 10.4 Å². The van der Waals surface area contributed by atoms with Gasteiger partial charge in [-0.3, -0.25) is 4.79 Å². The average molecular weight is 222 g/mol. The number of hydrogen-bond donors (Lipinski definition) is 1. The Kier molecular flexibility index (Phi) is 4.03. The molecule has 1 aromatic rings. The molecule has 0 aliphatic carbocycles. The van der Waals surface area contributed by atoms with Crippen molar-refractivity contribution in [1.29, 1.82) is 5.26 Å². The molecule has 16 heavy (non-hydrogen) atoms. The summed E-state index contributed by atoms with van der Waals surface area (Å²) in [7, 11) is 0. The van der Waals surface area contributed by atoms with Gasteiger partial charge in [0.2, 0.25) is 0 Å². The largest absolute Gasteiger partial charge is 0.490 e. The van der Waals surface area contributed by atoms with Crippen LogP contribution in [0.3, 0.4) is 0 Å². The van der Waals surface area contributed by atoms with E-state index in [1.165, 1.54) is 12.3 Å². The second-order valence-corrected chi connectivity index (χ2v) is 3.57. The first kappa shape index (κ1) is 12.2. The van der Waals surface area contributed by atoms with Crippen LogP contribution in [0.5, 0.6) is 5.75 Å². The van der Waals surface area contributed by atoms with Crippen molar-refractivity contribution in [2.24, 2.45) is 5.73 Å². The van der Waals surface area contributed by atoms with Gasteiger partial charge in [-0.1, -0.05) is 0 Å². The van der Waals surface area contributed by atoms with Gasteiger partial charge < -0.3 is 10.5 Å². The quantitative estimate of drug-likeness (QED) is 0.777. The van der Waals surface area contributed by atoms with Crippen LogP contribution in [0.15, 0.2) is 17.1 Å². The molecule has 2 unspecified atom stereocenters. The van der Waals surface area contributed by atoms with Gasteiger partial charge in [0.05, 0.1) is 12.3 Å². The van der Waals surface area contributed by atoms with E-state index in [1.54, 1.807) is 13.8 Å². The third-order valence-electron chi connectivity index (χ3n) is 1.87. The molecule has 6 nitrogen and oxygen atoms in total. The second-order valence-electron chi connectivity index (χ2n) is 3.57. The molecule has 0 radical (unpaired) electrons. The molecule has 1 heterocycles. The summed E-state index contributed by atoms with van der Waals surface area (Å²) in [6, 6.07) is 2.53. The van der Waals surface area contributed by atoms with E-state index in [1.807, 2.05) is 6.07 Å². The molecular formula is C10H14N4O2. The van der Waals surface area contributed by atoms with Crippen LogP contribution in [-0.2, 0) is 0 Å². The molecule has 6 heteroatoms. The van der Waals surface area contributed by atoms with E-state index >= 15 is 0 Å². The van der Waals surface area contributed by atoms with Crippen LogP contribution in [0, 0.1) is 11.3 Å². The van der Waals surface area contributed by atoms with E-state index in [0.717, 1.165) is 4.68 Å². The highest BCUT2D eigenvalue weighted by molar-refractivity contribution is 5.14. The van der Waals surface area contributed by atoms with Crippen molar-refractivity contribution in [2.45, 2.75) is 25.9 Å². The Morgan fingerprint density at radius 3 is 2.88 bits per heavy atom. The molecule has 0 spiro atoms. The van der Waals surface area contributed by atoms with Gasteiger partial charge in [-0.05, 0) is 13.8 Å². The summed E-state index contributed by atoms with van der Waals surface area (Å²) in [5, 5.41) is 12.5. The van der Waals surface area contributed by atoms with Gasteiger partial charge in [0.15, 0.2) is 0 Å². The van der Waals surface area contributed by atoms with Crippen LogP contribution in [0.4, 0.5) is 0 Å². The smallest absolute Gasteiger partial charge is 0.271 e. The first-order valence-electron chi connectivity index (χ1n) is 4.91. The van der Waals surface area contributed by atoms with Crippen molar-refractivity contribution in [3.63, 3.8) is 0 Å². The summed E-state index contributed by atoms with van der Waals surface area (Å²) >= 11 is 0. The molecule has 0 fully saturated rings. The van der Waals surface area contributed by atoms with Gasteiger partial charge in [0, 0.05) is 12.1 Å². The lowest BCUT2D eigenvalue weighted by atomic mass is 10.4. The van der Waals surface area contributed by atoms with Crippen LogP contribution < -0.4 is 16.0 Å². The second kappa shape index (κ2) is 5.28. The Balaban J connectivity index is 2.84. The topological polar surface area (TPSA) is 93.9 Å². The molecule has 2 N–H and O–H groups in total. The zero-order chi connectivity index (χ0) is 12.1. The molecule has 0 bridgehead atoms. The normalized spacial score (nSPS) is 13.9. The molecule has 0 aliphatic rings. The maximum absolute atomic E-state index is 11.5. The molecule has 1 rings (SSSR count). The number of nitrogens with zero attached hydrogens (tertiary/aromatic N) is 3. The minimum absolute atomic E-state index is 0.111. The van der Waals surface area contributed by atoms with Gasteiger partial charge >= 0.3 is 0 Å². The summed E-state index contributed by atoms with van der Waals surface area (Å²) in [6.07, 6.45) is 1.40. The van der Waals surface area contributed by atoms with E-state index in [0.29, 0.717) is 12.4 Å². The van der Waals surface area contributed by atoms with Crippen LogP contribution in [0.25, 0.3) is 0 Å². The van der Waals surface area contributed by atoms with Crippen molar-refractivity contribution in [3.05, 3.63) is 22.6 Å². The summed E-state index contributed by atoms with van der Waals surface area (Å²) < 4.78 is 6.33. The zero-order valence-corrected chi connectivity index (χ0v) is 9.25. The number of aromatic nitrogens is 2. The first-order valence-corrected chi connectivity index (χ1v) is 4.91. The molecule has 0 saturated carbocycles. The minimum atomic E-state index is -0.588. The summed E-state index contributed by atoms with van der Waals surface area (Å²) in [6.45, 7) is 3.71. The zero-order valence-electron chi connectivity index (χ0n) is 9.25. The van der Waals surface area contributed by atoms with E-state index in [-0.39, 0.29) is 11.6 Å². The maximum Gasteiger partial charge on any atom is 0.271 e. The number of nitriles is 1. The van der Waals surface area contributed by atoms with Gasteiger partial charge in [-0.25, -0.2) is 4.68 Å². The fraction of sp³-hybridized carbons (Fsp3) is 0.500. The highest BCUT2D eigenvalue weighted by Gasteiger charge is 2.07. The van der Waals surface area contributed by atoms with Crippen molar-refractivity contribution in [2.75, 3.05) is 6.61 Å². The Morgan fingerprint density at radius 1 is 1.69 bits per heavy atom. The molecule has 0 amide bonds. The van der Waals surface area contributed by atoms with Crippen molar-refractivity contribution in [1.82, 2.24) is 9.78 Å². The van der Waals surface area contributed by atoms with E-state index in [4.69, 9.17) is 15.7 Å². The highest BCUT2D eigenvalue weighted by atomic mass is 16.5. The van der Waals surface area contributed by atoms with Crippen LogP contribution >= 0.6 is 0 Å². The van der Waals surface area contributed by atoms with Crippen LogP contribution in [-0.4, -0.2) is 22.4 Å². The number of rotatable bonds is 4. The van der Waals surface area contributed by atoms with E-state index in [9.17, 15) is 4.79 Å². The molecular weight excluding hydrogens is 208 g/mol. The van der Waals surface area contributed by atoms with Gasteiger partial charge in [-0.15, -0.1) is 0 Å². The van der Waals surface area contributed by atoms with Crippen molar-refractivity contribution < 1.29 is 4.74 Å². The number of nitrogens with two attached hydrogens (primary N) is 1. The Hall–Kier alpha value is -1.87. The average Bonchev–Trinajstić information content (AvgIpc) is 2.25. The SMILES string of the molecule is CC(N)COc1cnn(C(C)C#N)c(=O)c1.